The van der Waals surface area contributed by atoms with E-state index in [1.54, 1.807) is 0 Å². The summed E-state index contributed by atoms with van der Waals surface area (Å²) in [5.41, 5.74) is -0.976. The molecular weight excluding hydrogens is 421 g/mol. The molecule has 2 rings (SSSR count). The smallest absolute Gasteiger partial charge is 0.414 e. The molecule has 10 heteroatoms. The van der Waals surface area contributed by atoms with Crippen LogP contribution in [0.2, 0.25) is 0 Å². The summed E-state index contributed by atoms with van der Waals surface area (Å²) in [6.07, 6.45) is -4.46. The molecule has 0 N–H and O–H groups in total. The third kappa shape index (κ3) is 5.58. The van der Waals surface area contributed by atoms with E-state index in [9.17, 15) is 40.3 Å². The summed E-state index contributed by atoms with van der Waals surface area (Å²) in [6.45, 7) is 1.89. The van der Waals surface area contributed by atoms with Crippen LogP contribution in [-0.2, 0) is 17.6 Å². The molecule has 2 aromatic carbocycles. The Labute approximate surface area is 166 Å². The van der Waals surface area contributed by atoms with Crippen LogP contribution < -0.4 is 4.74 Å². The molecule has 2 aromatic rings. The predicted octanol–water partition coefficient (Wildman–Crippen LogP) is 5.48. The number of alkyl halides is 3. The first kappa shape index (κ1) is 23.4. The van der Waals surface area contributed by atoms with Gasteiger partial charge in [-0.15, -0.1) is 0 Å². The largest absolute Gasteiger partial charge is 0.491 e. The van der Waals surface area contributed by atoms with E-state index in [-0.39, 0.29) is 0 Å². The van der Waals surface area contributed by atoms with Gasteiger partial charge in [-0.25, -0.2) is 22.4 Å². The van der Waals surface area contributed by atoms with Crippen molar-refractivity contribution in [3.05, 3.63) is 64.2 Å². The van der Waals surface area contributed by atoms with E-state index in [2.05, 4.69) is 4.74 Å². The lowest BCUT2D eigenvalue weighted by Gasteiger charge is -2.11. The van der Waals surface area contributed by atoms with Gasteiger partial charge in [0.05, 0.1) is 5.56 Å². The van der Waals surface area contributed by atoms with E-state index < -0.39 is 64.5 Å². The van der Waals surface area contributed by atoms with Crippen molar-refractivity contribution in [3.63, 3.8) is 0 Å². The quantitative estimate of drug-likeness (QED) is 0.250. The molecule has 0 unspecified atom stereocenters. The van der Waals surface area contributed by atoms with E-state index in [4.69, 9.17) is 0 Å². The Morgan fingerprint density at radius 3 is 1.83 bits per heavy atom. The predicted molar refractivity (Wildman–Crippen MR) is 91.1 cm³/mol. The fraction of sp³-hybridized carbons (Fsp3) is 0.300. The highest BCUT2D eigenvalue weighted by atomic mass is 19.4. The monoisotopic (exact) mass is 436 g/mol. The van der Waals surface area contributed by atoms with Crippen molar-refractivity contribution in [2.75, 3.05) is 0 Å². The molecule has 0 amide bonds. The van der Waals surface area contributed by atoms with Gasteiger partial charge in [0.15, 0.2) is 17.4 Å². The van der Waals surface area contributed by atoms with Gasteiger partial charge < -0.3 is 4.74 Å². The number of hydrogen-bond donors (Lipinski definition) is 0. The summed E-state index contributed by atoms with van der Waals surface area (Å²) in [5.74, 6) is -11.2. The number of rotatable bonds is 7. The second kappa shape index (κ2) is 9.27. The van der Waals surface area contributed by atoms with Gasteiger partial charge in [-0.2, -0.15) is 13.2 Å². The Morgan fingerprint density at radius 2 is 1.37 bits per heavy atom. The zero-order chi connectivity index (χ0) is 22.6. The number of ketones is 1. The molecule has 0 heterocycles. The van der Waals surface area contributed by atoms with Gasteiger partial charge in [-0.1, -0.05) is 13.3 Å². The minimum absolute atomic E-state index is 0.344. The number of aryl methyl sites for hydroxylation is 1. The molecule has 0 atom stereocenters. The summed E-state index contributed by atoms with van der Waals surface area (Å²) >= 11 is 0. The first-order chi connectivity index (χ1) is 13.9. The number of carbonyl (C=O) groups is 2. The average molecular weight is 436 g/mol. The van der Waals surface area contributed by atoms with Crippen molar-refractivity contribution in [3.8, 4) is 5.75 Å². The Kier molecular flexibility index (Phi) is 7.22. The Hall–Kier alpha value is -2.91. The lowest BCUT2D eigenvalue weighted by molar-refractivity contribution is -0.190. The highest BCUT2D eigenvalue weighted by Gasteiger charge is 2.42. The fourth-order valence-electron chi connectivity index (χ4n) is 2.65. The van der Waals surface area contributed by atoms with Crippen molar-refractivity contribution in [2.24, 2.45) is 0 Å². The molecule has 0 aromatic heterocycles. The zero-order valence-corrected chi connectivity index (χ0v) is 15.5. The molecule has 0 radical (unpaired) electrons. The Bertz CT molecular complexity index is 921. The Morgan fingerprint density at radius 1 is 0.867 bits per heavy atom. The van der Waals surface area contributed by atoms with Crippen molar-refractivity contribution >= 4 is 11.8 Å². The molecule has 0 bridgehead atoms. The van der Waals surface area contributed by atoms with Crippen LogP contribution in [-0.4, -0.2) is 17.9 Å². The molecule has 0 fully saturated rings. The highest BCUT2D eigenvalue weighted by Crippen LogP contribution is 2.28. The molecule has 0 aliphatic heterocycles. The first-order valence-corrected chi connectivity index (χ1v) is 8.72. The van der Waals surface area contributed by atoms with Crippen LogP contribution in [0.4, 0.5) is 30.7 Å². The molecule has 0 aliphatic carbocycles. The molecule has 0 aliphatic rings. The second-order valence-corrected chi connectivity index (χ2v) is 6.41. The maximum absolute atomic E-state index is 14.2. The SMILES string of the molecule is CCCCc1cc(F)c(C(=O)Cc2cc(F)c(OC(=O)C(F)(F)F)c(F)c2)c(F)c1. The topological polar surface area (TPSA) is 43.4 Å². The summed E-state index contributed by atoms with van der Waals surface area (Å²) < 4.78 is 96.4. The molecule has 162 valence electrons. The number of ether oxygens (including phenoxy) is 1. The summed E-state index contributed by atoms with van der Waals surface area (Å²) in [4.78, 5) is 23.0. The van der Waals surface area contributed by atoms with Crippen LogP contribution in [0, 0.1) is 23.3 Å². The molecule has 0 saturated heterocycles. The van der Waals surface area contributed by atoms with Gasteiger partial charge in [-0.05, 0) is 48.2 Å². The molecule has 0 saturated carbocycles. The summed E-state index contributed by atoms with van der Waals surface area (Å²) in [6, 6.07) is 2.86. The number of hydrogen-bond acceptors (Lipinski definition) is 3. The highest BCUT2D eigenvalue weighted by molar-refractivity contribution is 5.98. The van der Waals surface area contributed by atoms with Gasteiger partial charge in [-0.3, -0.25) is 4.79 Å². The average Bonchev–Trinajstić information content (AvgIpc) is 2.61. The van der Waals surface area contributed by atoms with Crippen LogP contribution >= 0.6 is 0 Å². The zero-order valence-electron chi connectivity index (χ0n) is 15.5. The summed E-state index contributed by atoms with van der Waals surface area (Å²) in [7, 11) is 0. The fourth-order valence-corrected chi connectivity index (χ4v) is 2.65. The Balaban J connectivity index is 2.25. The maximum Gasteiger partial charge on any atom is 0.491 e. The molecule has 30 heavy (non-hydrogen) atoms. The van der Waals surface area contributed by atoms with Crippen molar-refractivity contribution in [1.29, 1.82) is 0 Å². The van der Waals surface area contributed by atoms with E-state index in [1.165, 1.54) is 0 Å². The van der Waals surface area contributed by atoms with E-state index >= 15 is 0 Å². The van der Waals surface area contributed by atoms with Gasteiger partial charge in [0.2, 0.25) is 5.75 Å². The van der Waals surface area contributed by atoms with Crippen LogP contribution in [0.3, 0.4) is 0 Å². The number of esters is 1. The van der Waals surface area contributed by atoms with Crippen LogP contribution in [0.5, 0.6) is 5.75 Å². The van der Waals surface area contributed by atoms with Crippen molar-refractivity contribution < 1.29 is 45.1 Å². The number of unbranched alkanes of at least 4 members (excludes halogenated alkanes) is 1. The first-order valence-electron chi connectivity index (χ1n) is 8.72. The maximum atomic E-state index is 14.2. The third-order valence-corrected chi connectivity index (χ3v) is 4.05. The lowest BCUT2D eigenvalue weighted by Crippen LogP contribution is -2.28. The van der Waals surface area contributed by atoms with Crippen molar-refractivity contribution in [1.82, 2.24) is 0 Å². The van der Waals surface area contributed by atoms with Crippen LogP contribution in [0.15, 0.2) is 24.3 Å². The van der Waals surface area contributed by atoms with E-state index in [0.717, 1.165) is 18.6 Å². The lowest BCUT2D eigenvalue weighted by atomic mass is 9.98. The van der Waals surface area contributed by atoms with Gasteiger partial charge in [0, 0.05) is 6.42 Å². The number of carbonyl (C=O) groups excluding carboxylic acids is 2. The minimum Gasteiger partial charge on any atom is -0.414 e. The van der Waals surface area contributed by atoms with E-state index in [1.807, 2.05) is 6.92 Å². The number of benzene rings is 2. The molecular formula is C20H15F7O3. The third-order valence-electron chi connectivity index (χ3n) is 4.05. The van der Waals surface area contributed by atoms with E-state index in [0.29, 0.717) is 30.5 Å². The second-order valence-electron chi connectivity index (χ2n) is 6.41. The normalized spacial score (nSPS) is 11.5. The molecule has 0 spiro atoms. The molecule has 3 nitrogen and oxygen atoms in total. The standard InChI is InChI=1S/C20H15F7O3/c1-2-3-4-10-5-12(21)17(13(22)6-10)16(28)9-11-7-14(23)18(15(24)8-11)30-19(29)20(25,26)27/h5-8H,2-4,9H2,1H3. The summed E-state index contributed by atoms with van der Waals surface area (Å²) in [5, 5.41) is 0. The van der Waals surface area contributed by atoms with Crippen molar-refractivity contribution in [2.45, 2.75) is 38.8 Å². The van der Waals surface area contributed by atoms with Gasteiger partial charge in [0.25, 0.3) is 0 Å². The van der Waals surface area contributed by atoms with Crippen LogP contribution in [0.25, 0.3) is 0 Å². The van der Waals surface area contributed by atoms with Crippen LogP contribution in [0.1, 0.15) is 41.3 Å². The van der Waals surface area contributed by atoms with Gasteiger partial charge >= 0.3 is 12.1 Å². The minimum atomic E-state index is -5.48. The van der Waals surface area contributed by atoms with Gasteiger partial charge in [0.1, 0.15) is 11.6 Å². The number of Topliss-reactive ketones (excluding diaryl/α,β-unsaturated/α-hetero) is 1. The number of halogens is 7.